The van der Waals surface area contributed by atoms with Gasteiger partial charge in [-0.15, -0.1) is 0 Å². The SMILES string of the molecule is [2H]C([2H])([2H])c1cc(B(O)O)cc(C(C)(C)O)c1. The molecular weight excluding hydrogens is 179 g/mol. The van der Waals surface area contributed by atoms with Crippen LogP contribution in [0.5, 0.6) is 0 Å². The van der Waals surface area contributed by atoms with Gasteiger partial charge in [0, 0.05) is 4.11 Å². The van der Waals surface area contributed by atoms with Crippen LogP contribution in [0.1, 0.15) is 29.1 Å². The lowest BCUT2D eigenvalue weighted by molar-refractivity contribution is 0.0786. The van der Waals surface area contributed by atoms with Crippen molar-refractivity contribution in [3.63, 3.8) is 0 Å². The zero-order valence-corrected chi connectivity index (χ0v) is 8.15. The first-order chi connectivity index (χ1) is 7.51. The quantitative estimate of drug-likeness (QED) is 0.580. The minimum Gasteiger partial charge on any atom is -0.423 e. The van der Waals surface area contributed by atoms with Crippen LogP contribution in [0.3, 0.4) is 0 Å². The molecule has 76 valence electrons. The van der Waals surface area contributed by atoms with Gasteiger partial charge in [0.15, 0.2) is 0 Å². The highest BCUT2D eigenvalue weighted by atomic mass is 16.4. The molecule has 0 heterocycles. The van der Waals surface area contributed by atoms with Crippen LogP contribution < -0.4 is 5.46 Å². The van der Waals surface area contributed by atoms with Crippen molar-refractivity contribution < 1.29 is 19.3 Å². The normalized spacial score (nSPS) is 15.6. The summed E-state index contributed by atoms with van der Waals surface area (Å²) < 4.78 is 21.9. The predicted octanol–water partition coefficient (Wildman–Crippen LogP) is -0.0978. The van der Waals surface area contributed by atoms with Crippen molar-refractivity contribution in [2.75, 3.05) is 0 Å². The van der Waals surface area contributed by atoms with Crippen LogP contribution in [-0.2, 0) is 5.60 Å². The van der Waals surface area contributed by atoms with Crippen molar-refractivity contribution in [1.29, 1.82) is 0 Å². The largest absolute Gasteiger partial charge is 0.488 e. The van der Waals surface area contributed by atoms with Crippen molar-refractivity contribution in [1.82, 2.24) is 0 Å². The van der Waals surface area contributed by atoms with E-state index in [1.54, 1.807) is 0 Å². The first-order valence-corrected chi connectivity index (χ1v) is 4.26. The van der Waals surface area contributed by atoms with Gasteiger partial charge in [-0.2, -0.15) is 0 Å². The zero-order chi connectivity index (χ0) is 13.4. The number of benzene rings is 1. The molecule has 3 N–H and O–H groups in total. The average Bonchev–Trinajstić information content (AvgIpc) is 2.14. The zero-order valence-electron chi connectivity index (χ0n) is 11.2. The Morgan fingerprint density at radius 1 is 1.29 bits per heavy atom. The molecule has 0 aliphatic carbocycles. The summed E-state index contributed by atoms with van der Waals surface area (Å²) in [5.74, 6) is 0. The number of aliphatic hydroxyl groups is 1. The summed E-state index contributed by atoms with van der Waals surface area (Å²) in [5.41, 5.74) is -0.893. The number of rotatable bonds is 2. The van der Waals surface area contributed by atoms with Crippen LogP contribution in [0.15, 0.2) is 18.2 Å². The van der Waals surface area contributed by atoms with Gasteiger partial charge in [-0.05, 0) is 31.7 Å². The summed E-state index contributed by atoms with van der Waals surface area (Å²) in [6.07, 6.45) is 0. The van der Waals surface area contributed by atoms with Crippen molar-refractivity contribution >= 4 is 12.6 Å². The number of hydrogen-bond acceptors (Lipinski definition) is 3. The Morgan fingerprint density at radius 2 is 1.93 bits per heavy atom. The molecule has 0 amide bonds. The molecule has 0 aliphatic heterocycles. The standard InChI is InChI=1S/C10H15BO3/c1-7-4-8(10(2,3)12)6-9(5-7)11(13)14/h4-6,12-14H,1-3H3/i1D3. The molecule has 0 fully saturated rings. The van der Waals surface area contributed by atoms with Gasteiger partial charge in [-0.3, -0.25) is 0 Å². The van der Waals surface area contributed by atoms with Gasteiger partial charge >= 0.3 is 7.12 Å². The second kappa shape index (κ2) is 3.73. The summed E-state index contributed by atoms with van der Waals surface area (Å²) in [7, 11) is -1.77. The molecular formula is C10H15BO3. The third-order valence-electron chi connectivity index (χ3n) is 1.96. The molecule has 0 unspecified atom stereocenters. The molecule has 0 spiro atoms. The predicted molar refractivity (Wildman–Crippen MR) is 56.2 cm³/mol. The van der Waals surface area contributed by atoms with Crippen LogP contribution in [0.2, 0.25) is 0 Å². The van der Waals surface area contributed by atoms with Crippen molar-refractivity contribution in [3.05, 3.63) is 29.3 Å². The Kier molecular flexibility index (Phi) is 1.99. The maximum Gasteiger partial charge on any atom is 0.488 e. The van der Waals surface area contributed by atoms with Gasteiger partial charge in [-0.25, -0.2) is 0 Å². The number of aryl methyl sites for hydroxylation is 1. The van der Waals surface area contributed by atoms with E-state index in [-0.39, 0.29) is 11.0 Å². The Morgan fingerprint density at radius 3 is 2.36 bits per heavy atom. The molecule has 1 aromatic carbocycles. The van der Waals surface area contributed by atoms with E-state index in [4.69, 9.17) is 14.2 Å². The molecule has 0 radical (unpaired) electrons. The third kappa shape index (κ3) is 2.58. The monoisotopic (exact) mass is 197 g/mol. The van der Waals surface area contributed by atoms with Crippen molar-refractivity contribution in [2.24, 2.45) is 0 Å². The van der Waals surface area contributed by atoms with E-state index >= 15 is 0 Å². The van der Waals surface area contributed by atoms with Crippen LogP contribution in [-0.4, -0.2) is 22.3 Å². The average molecular weight is 197 g/mol. The summed E-state index contributed by atoms with van der Waals surface area (Å²) in [4.78, 5) is 0. The Bertz CT molecular complexity index is 378. The second-order valence-electron chi connectivity index (χ2n) is 3.78. The van der Waals surface area contributed by atoms with E-state index in [9.17, 15) is 5.11 Å². The lowest BCUT2D eigenvalue weighted by atomic mass is 9.77. The summed E-state index contributed by atoms with van der Waals surface area (Å²) >= 11 is 0. The lowest BCUT2D eigenvalue weighted by Crippen LogP contribution is -2.32. The molecule has 3 nitrogen and oxygen atoms in total. The molecule has 1 aromatic rings. The highest BCUT2D eigenvalue weighted by molar-refractivity contribution is 6.58. The van der Waals surface area contributed by atoms with E-state index in [0.29, 0.717) is 5.56 Å². The van der Waals surface area contributed by atoms with E-state index in [1.165, 1.54) is 32.0 Å². The fourth-order valence-corrected chi connectivity index (χ4v) is 1.15. The first kappa shape index (κ1) is 7.46. The summed E-state index contributed by atoms with van der Waals surface area (Å²) in [6.45, 7) is 0.642. The highest BCUT2D eigenvalue weighted by Gasteiger charge is 2.19. The molecule has 1 rings (SSSR count). The summed E-state index contributed by atoms with van der Waals surface area (Å²) in [6, 6.07) is 3.92. The second-order valence-corrected chi connectivity index (χ2v) is 3.78. The van der Waals surface area contributed by atoms with Crippen LogP contribution in [0, 0.1) is 6.85 Å². The van der Waals surface area contributed by atoms with Crippen LogP contribution in [0.4, 0.5) is 0 Å². The Balaban J connectivity index is 3.40. The van der Waals surface area contributed by atoms with Crippen molar-refractivity contribution in [2.45, 2.75) is 26.3 Å². The first-order valence-electron chi connectivity index (χ1n) is 5.76. The van der Waals surface area contributed by atoms with Gasteiger partial charge in [0.1, 0.15) is 0 Å². The van der Waals surface area contributed by atoms with Gasteiger partial charge in [-0.1, -0.05) is 23.8 Å². The van der Waals surface area contributed by atoms with E-state index < -0.39 is 19.6 Å². The molecule has 14 heavy (non-hydrogen) atoms. The van der Waals surface area contributed by atoms with E-state index in [2.05, 4.69) is 0 Å². The van der Waals surface area contributed by atoms with Crippen molar-refractivity contribution in [3.8, 4) is 0 Å². The topological polar surface area (TPSA) is 60.7 Å². The van der Waals surface area contributed by atoms with Crippen LogP contribution in [0.25, 0.3) is 0 Å². The molecule has 4 heteroatoms. The third-order valence-corrected chi connectivity index (χ3v) is 1.96. The minimum atomic E-state index is -2.36. The molecule has 0 aromatic heterocycles. The minimum absolute atomic E-state index is 0.0276. The molecule has 0 bridgehead atoms. The Labute approximate surface area is 88.4 Å². The fraction of sp³-hybridized carbons (Fsp3) is 0.400. The van der Waals surface area contributed by atoms with Gasteiger partial charge in [0.2, 0.25) is 0 Å². The van der Waals surface area contributed by atoms with Gasteiger partial charge < -0.3 is 15.2 Å². The fourth-order valence-electron chi connectivity index (χ4n) is 1.15. The molecule has 0 saturated heterocycles. The molecule has 0 saturated carbocycles. The molecule has 0 atom stereocenters. The smallest absolute Gasteiger partial charge is 0.423 e. The van der Waals surface area contributed by atoms with Gasteiger partial charge in [0.25, 0.3) is 0 Å². The maximum absolute atomic E-state index is 9.84. The van der Waals surface area contributed by atoms with E-state index in [1.807, 2.05) is 0 Å². The molecule has 0 aliphatic rings. The highest BCUT2D eigenvalue weighted by Crippen LogP contribution is 2.19. The van der Waals surface area contributed by atoms with Crippen LogP contribution >= 0.6 is 0 Å². The lowest BCUT2D eigenvalue weighted by Gasteiger charge is -2.19. The maximum atomic E-state index is 9.84. The Hall–Kier alpha value is -0.835. The number of hydrogen-bond donors (Lipinski definition) is 3. The van der Waals surface area contributed by atoms with E-state index in [0.717, 1.165) is 0 Å². The summed E-state index contributed by atoms with van der Waals surface area (Å²) in [5, 5.41) is 28.0. The van der Waals surface area contributed by atoms with Gasteiger partial charge in [0.05, 0.1) is 5.60 Å².